The van der Waals surface area contributed by atoms with Crippen molar-refractivity contribution in [1.29, 1.82) is 0 Å². The third-order valence-electron chi connectivity index (χ3n) is 10.5. The number of carbonyl (C=O) groups excluding carboxylic acids is 4. The highest BCUT2D eigenvalue weighted by molar-refractivity contribution is 5.91. The number of nitrogens with two attached hydrogens (primary N) is 1. The number of rotatable bonds is 7. The van der Waals surface area contributed by atoms with Crippen LogP contribution < -0.4 is 11.1 Å². The number of hydrogen-bond acceptors (Lipinski definition) is 10. The molecular weight excluding hydrogens is 664 g/mol. The van der Waals surface area contributed by atoms with Crippen LogP contribution in [0.25, 0.3) is 0 Å². The van der Waals surface area contributed by atoms with E-state index in [1.807, 2.05) is 62.9 Å². The lowest BCUT2D eigenvalue weighted by molar-refractivity contribution is -0.216. The average Bonchev–Trinajstić information content (AvgIpc) is 3.30. The molecule has 3 N–H and O–H groups in total. The predicted molar refractivity (Wildman–Crippen MR) is 196 cm³/mol. The van der Waals surface area contributed by atoms with Crippen LogP contribution in [0.1, 0.15) is 63.1 Å². The van der Waals surface area contributed by atoms with E-state index < -0.39 is 17.8 Å². The monoisotopic (exact) mass is 716 g/mol. The molecule has 14 nitrogen and oxygen atoms in total. The summed E-state index contributed by atoms with van der Waals surface area (Å²) in [5.74, 6) is 2.24. The van der Waals surface area contributed by atoms with Gasteiger partial charge in [-0.1, -0.05) is 24.3 Å². The Hall–Kier alpha value is -4.65. The lowest BCUT2D eigenvalue weighted by Crippen LogP contribution is -2.56. The smallest absolute Gasteiger partial charge is 0.410 e. The van der Waals surface area contributed by atoms with E-state index in [0.717, 1.165) is 35.2 Å². The van der Waals surface area contributed by atoms with E-state index in [-0.39, 0.29) is 30.4 Å². The molecule has 1 unspecified atom stereocenters. The number of benzene rings is 1. The van der Waals surface area contributed by atoms with Crippen molar-refractivity contribution in [2.24, 2.45) is 0 Å². The highest BCUT2D eigenvalue weighted by atomic mass is 16.7. The molecule has 4 amide bonds. The van der Waals surface area contributed by atoms with E-state index in [4.69, 9.17) is 15.3 Å². The van der Waals surface area contributed by atoms with E-state index in [1.54, 1.807) is 21.1 Å². The Balaban J connectivity index is 1.06. The SMILES string of the molecule is Cc1cc(C[C@@H](OC(=O)N2CCC(N3CCc4ccccc4NC3=O)CC2)C(=O)N2CCN(C3CCN(OC(C)(C)C)C(=C=O)C3)CC2)cnc1N. The molecular formula is C38H52N8O6. The molecule has 0 aliphatic carbocycles. The molecule has 2 aromatic rings. The van der Waals surface area contributed by atoms with Crippen molar-refractivity contribution < 1.29 is 28.8 Å². The summed E-state index contributed by atoms with van der Waals surface area (Å²) in [6, 6.07) is 9.74. The molecule has 52 heavy (non-hydrogen) atoms. The molecule has 280 valence electrons. The van der Waals surface area contributed by atoms with Gasteiger partial charge in [-0.2, -0.15) is 0 Å². The maximum Gasteiger partial charge on any atom is 0.410 e. The number of likely N-dealkylation sites (tertiary alicyclic amines) is 1. The first kappa shape index (κ1) is 37.1. The van der Waals surface area contributed by atoms with Crippen molar-refractivity contribution in [3.05, 3.63) is 58.9 Å². The number of hydrogen-bond donors (Lipinski definition) is 2. The maximum absolute atomic E-state index is 14.1. The highest BCUT2D eigenvalue weighted by Gasteiger charge is 2.37. The second-order valence-electron chi connectivity index (χ2n) is 15.2. The minimum atomic E-state index is -1.04. The van der Waals surface area contributed by atoms with Gasteiger partial charge in [0, 0.05) is 89.2 Å². The largest absolute Gasteiger partial charge is 0.436 e. The molecule has 1 aromatic heterocycles. The maximum atomic E-state index is 14.1. The second-order valence-corrected chi connectivity index (χ2v) is 15.2. The zero-order chi connectivity index (χ0) is 37.0. The summed E-state index contributed by atoms with van der Waals surface area (Å²) < 4.78 is 6.03. The molecule has 0 radical (unpaired) electrons. The Labute approximate surface area is 305 Å². The number of hydroxylamine groups is 2. The molecule has 6 rings (SSSR count). The van der Waals surface area contributed by atoms with Crippen LogP contribution in [-0.4, -0.2) is 130 Å². The number of pyridine rings is 1. The van der Waals surface area contributed by atoms with Gasteiger partial charge in [0.25, 0.3) is 5.91 Å². The van der Waals surface area contributed by atoms with Gasteiger partial charge in [-0.3, -0.25) is 14.5 Å². The first-order chi connectivity index (χ1) is 24.9. The van der Waals surface area contributed by atoms with Crippen LogP contribution in [0, 0.1) is 6.92 Å². The molecule has 0 saturated carbocycles. The number of aryl methyl sites for hydroxylation is 1. The molecule has 0 bridgehead atoms. The summed E-state index contributed by atoms with van der Waals surface area (Å²) in [6.07, 6.45) is 3.56. The fourth-order valence-corrected chi connectivity index (χ4v) is 7.62. The molecule has 0 spiro atoms. The summed E-state index contributed by atoms with van der Waals surface area (Å²) >= 11 is 0. The summed E-state index contributed by atoms with van der Waals surface area (Å²) in [5.41, 5.74) is 9.54. The van der Waals surface area contributed by atoms with Crippen molar-refractivity contribution in [2.45, 2.75) is 90.0 Å². The topological polar surface area (TPSA) is 154 Å². The molecule has 5 heterocycles. The number of amides is 4. The minimum Gasteiger partial charge on any atom is -0.436 e. The van der Waals surface area contributed by atoms with E-state index in [2.05, 4.69) is 21.1 Å². The van der Waals surface area contributed by atoms with Crippen molar-refractivity contribution in [3.63, 3.8) is 0 Å². The number of carbonyl (C=O) groups is 3. The van der Waals surface area contributed by atoms with Gasteiger partial charge in [0.2, 0.25) is 0 Å². The molecule has 2 atom stereocenters. The number of anilines is 2. The van der Waals surface area contributed by atoms with Crippen molar-refractivity contribution in [1.82, 2.24) is 29.6 Å². The van der Waals surface area contributed by atoms with Crippen LogP contribution >= 0.6 is 0 Å². The minimum absolute atomic E-state index is 0.00716. The fraction of sp³-hybridized carbons (Fsp3) is 0.579. The summed E-state index contributed by atoms with van der Waals surface area (Å²) in [7, 11) is 0. The van der Waals surface area contributed by atoms with Gasteiger partial charge in [0.05, 0.1) is 5.60 Å². The van der Waals surface area contributed by atoms with Crippen LogP contribution in [0.3, 0.4) is 0 Å². The van der Waals surface area contributed by atoms with Crippen LogP contribution in [0.15, 0.2) is 42.2 Å². The first-order valence-corrected chi connectivity index (χ1v) is 18.4. The van der Waals surface area contributed by atoms with Gasteiger partial charge in [-0.15, -0.1) is 0 Å². The van der Waals surface area contributed by atoms with Gasteiger partial charge in [0.15, 0.2) is 6.10 Å². The molecule has 14 heteroatoms. The number of piperazine rings is 1. The zero-order valence-electron chi connectivity index (χ0n) is 30.8. The third-order valence-corrected chi connectivity index (χ3v) is 10.5. The quantitative estimate of drug-likeness (QED) is 0.407. The number of fused-ring (bicyclic) bond motifs is 1. The van der Waals surface area contributed by atoms with Crippen LogP contribution in [0.5, 0.6) is 0 Å². The summed E-state index contributed by atoms with van der Waals surface area (Å²) in [6.45, 7) is 11.9. The zero-order valence-corrected chi connectivity index (χ0v) is 30.8. The Morgan fingerprint density at radius 3 is 2.40 bits per heavy atom. The number of urea groups is 1. The molecule has 3 fully saturated rings. The van der Waals surface area contributed by atoms with Crippen LogP contribution in [0.4, 0.5) is 21.1 Å². The Kier molecular flexibility index (Phi) is 11.4. The molecule has 1 aromatic carbocycles. The van der Waals surface area contributed by atoms with Crippen molar-refractivity contribution in [2.75, 3.05) is 63.4 Å². The lowest BCUT2D eigenvalue weighted by Gasteiger charge is -2.44. The number of piperidine rings is 2. The van der Waals surface area contributed by atoms with E-state index in [9.17, 15) is 19.2 Å². The third kappa shape index (κ3) is 8.86. The Morgan fingerprint density at radius 1 is 1.00 bits per heavy atom. The normalized spacial score (nSPS) is 21.2. The Bertz CT molecular complexity index is 1670. The van der Waals surface area contributed by atoms with Gasteiger partial charge >= 0.3 is 12.1 Å². The number of aromatic nitrogens is 1. The van der Waals surface area contributed by atoms with Crippen molar-refractivity contribution >= 4 is 35.5 Å². The van der Waals surface area contributed by atoms with Crippen LogP contribution in [-0.2, 0) is 32.0 Å². The average molecular weight is 717 g/mol. The van der Waals surface area contributed by atoms with E-state index in [1.165, 1.54) is 0 Å². The second kappa shape index (κ2) is 15.9. The summed E-state index contributed by atoms with van der Waals surface area (Å²) in [4.78, 5) is 70.5. The fourth-order valence-electron chi connectivity index (χ4n) is 7.62. The molecule has 3 saturated heterocycles. The number of nitrogens with zero attached hydrogens (tertiary/aromatic N) is 6. The first-order valence-electron chi connectivity index (χ1n) is 18.4. The lowest BCUT2D eigenvalue weighted by atomic mass is 10.0. The summed E-state index contributed by atoms with van der Waals surface area (Å²) in [5, 5.41) is 4.71. The van der Waals surface area contributed by atoms with Gasteiger partial charge in [-0.05, 0) is 76.1 Å². The van der Waals surface area contributed by atoms with Gasteiger partial charge in [0.1, 0.15) is 17.5 Å². The van der Waals surface area contributed by atoms with Gasteiger partial charge < -0.3 is 30.5 Å². The van der Waals surface area contributed by atoms with Crippen LogP contribution in [0.2, 0.25) is 0 Å². The molecule has 4 aliphatic rings. The number of nitrogens with one attached hydrogen (secondary N) is 1. The highest BCUT2D eigenvalue weighted by Crippen LogP contribution is 2.28. The van der Waals surface area contributed by atoms with E-state index >= 15 is 0 Å². The predicted octanol–water partition coefficient (Wildman–Crippen LogP) is 3.63. The van der Waals surface area contributed by atoms with Gasteiger partial charge in [-0.25, -0.2) is 24.4 Å². The number of ether oxygens (including phenoxy) is 1. The number of nitrogen functional groups attached to an aromatic ring is 1. The molecule has 4 aliphatic heterocycles. The number of para-hydroxylation sites is 1. The van der Waals surface area contributed by atoms with E-state index in [0.29, 0.717) is 83.1 Å². The Morgan fingerprint density at radius 2 is 1.71 bits per heavy atom. The standard InChI is InChI=1S/C38H52N8O6/c1-26-21-27(24-40-34(26)39)22-33(35(48)43-19-17-42(18-20-43)30-12-16-46(31(23-30)25-47)52-38(2,3)4)51-37(50)44-13-10-29(11-14-44)45-15-9-28-7-5-6-8-32(28)41-36(45)49/h5-8,21,24,29-30,33H,9-20,22-23H2,1-4H3,(H2,39,40)(H,41,49)/t30?,33-/m1/s1. The van der Waals surface area contributed by atoms with Crippen molar-refractivity contribution in [3.8, 4) is 0 Å².